The van der Waals surface area contributed by atoms with E-state index in [0.717, 1.165) is 43.8 Å². The molecule has 3 nitrogen and oxygen atoms in total. The van der Waals surface area contributed by atoms with Gasteiger partial charge in [0.1, 0.15) is 11.3 Å². The number of imidazole rings is 1. The van der Waals surface area contributed by atoms with Gasteiger partial charge in [-0.1, -0.05) is 6.07 Å². The van der Waals surface area contributed by atoms with E-state index in [1.807, 2.05) is 6.07 Å². The number of rotatable bonds is 5. The van der Waals surface area contributed by atoms with Gasteiger partial charge in [0.25, 0.3) is 0 Å². The van der Waals surface area contributed by atoms with Crippen LogP contribution in [0.2, 0.25) is 0 Å². The standard InChI is InChI=1S/C16H20ClFN2O/c17-9-7-15-19-16-13(18)5-3-6-14(16)20(15)10-8-12-4-1-2-11-21-12/h3,5-6,12H,1-2,4,7-11H2. The monoisotopic (exact) mass is 310 g/mol. The molecule has 1 aromatic heterocycles. The Morgan fingerprint density at radius 3 is 3.05 bits per heavy atom. The van der Waals surface area contributed by atoms with Crippen molar-refractivity contribution in [2.45, 2.75) is 44.8 Å². The minimum Gasteiger partial charge on any atom is -0.378 e. The molecule has 0 N–H and O–H groups in total. The summed E-state index contributed by atoms with van der Waals surface area (Å²) in [5.74, 6) is 1.09. The molecule has 0 aliphatic carbocycles. The van der Waals surface area contributed by atoms with Crippen LogP contribution in [0.15, 0.2) is 18.2 Å². The molecule has 5 heteroatoms. The maximum absolute atomic E-state index is 13.9. The number of aryl methyl sites for hydroxylation is 2. The minimum absolute atomic E-state index is 0.268. The zero-order valence-corrected chi connectivity index (χ0v) is 12.8. The van der Waals surface area contributed by atoms with E-state index in [2.05, 4.69) is 9.55 Å². The van der Waals surface area contributed by atoms with Gasteiger partial charge in [-0.15, -0.1) is 11.6 Å². The summed E-state index contributed by atoms with van der Waals surface area (Å²) in [5, 5.41) is 0. The lowest BCUT2D eigenvalue weighted by Crippen LogP contribution is -2.21. The number of ether oxygens (including phenoxy) is 1. The Morgan fingerprint density at radius 1 is 1.38 bits per heavy atom. The second kappa shape index (κ2) is 6.75. The van der Waals surface area contributed by atoms with Crippen molar-refractivity contribution in [1.82, 2.24) is 9.55 Å². The second-order valence-electron chi connectivity index (χ2n) is 5.50. The van der Waals surface area contributed by atoms with Crippen molar-refractivity contribution < 1.29 is 9.13 Å². The average Bonchev–Trinajstić information content (AvgIpc) is 2.86. The Balaban J connectivity index is 1.84. The van der Waals surface area contributed by atoms with Crippen molar-refractivity contribution in [2.24, 2.45) is 0 Å². The molecule has 2 aromatic rings. The molecule has 1 aromatic carbocycles. The van der Waals surface area contributed by atoms with Gasteiger partial charge in [-0.3, -0.25) is 0 Å². The third-order valence-corrected chi connectivity index (χ3v) is 4.26. The number of halogens is 2. The van der Waals surface area contributed by atoms with Crippen LogP contribution in [0.4, 0.5) is 4.39 Å². The summed E-state index contributed by atoms with van der Waals surface area (Å²) in [6.45, 7) is 1.66. The van der Waals surface area contributed by atoms with Gasteiger partial charge in [0.15, 0.2) is 5.82 Å². The molecule has 0 radical (unpaired) electrons. The first-order valence-corrected chi connectivity index (χ1v) is 8.14. The van der Waals surface area contributed by atoms with E-state index in [-0.39, 0.29) is 5.82 Å². The molecule has 1 aliphatic heterocycles. The van der Waals surface area contributed by atoms with Crippen LogP contribution in [0.5, 0.6) is 0 Å². The molecule has 0 spiro atoms. The van der Waals surface area contributed by atoms with Gasteiger partial charge in [-0.2, -0.15) is 0 Å². The van der Waals surface area contributed by atoms with E-state index in [1.54, 1.807) is 6.07 Å². The van der Waals surface area contributed by atoms with Gasteiger partial charge in [0.2, 0.25) is 0 Å². The number of para-hydroxylation sites is 1. The Kier molecular flexibility index (Phi) is 4.76. The van der Waals surface area contributed by atoms with Crippen LogP contribution in [0.1, 0.15) is 31.5 Å². The van der Waals surface area contributed by atoms with Crippen LogP contribution in [0.25, 0.3) is 11.0 Å². The zero-order valence-electron chi connectivity index (χ0n) is 12.0. The zero-order chi connectivity index (χ0) is 14.7. The lowest BCUT2D eigenvalue weighted by Gasteiger charge is -2.23. The third kappa shape index (κ3) is 3.22. The van der Waals surface area contributed by atoms with E-state index in [1.165, 1.54) is 12.5 Å². The first kappa shape index (κ1) is 14.8. The summed E-state index contributed by atoms with van der Waals surface area (Å²) in [7, 11) is 0. The molecule has 1 saturated heterocycles. The molecular weight excluding hydrogens is 291 g/mol. The van der Waals surface area contributed by atoms with Gasteiger partial charge in [0.05, 0.1) is 11.6 Å². The molecule has 0 saturated carbocycles. The molecule has 3 rings (SSSR count). The molecule has 0 amide bonds. The summed E-state index contributed by atoms with van der Waals surface area (Å²) in [6.07, 6.45) is 5.42. The summed E-state index contributed by atoms with van der Waals surface area (Å²) < 4.78 is 21.8. The first-order valence-electron chi connectivity index (χ1n) is 7.61. The number of fused-ring (bicyclic) bond motifs is 1. The number of alkyl halides is 1. The van der Waals surface area contributed by atoms with Crippen molar-refractivity contribution in [3.8, 4) is 0 Å². The van der Waals surface area contributed by atoms with E-state index in [4.69, 9.17) is 16.3 Å². The minimum atomic E-state index is -0.268. The quantitative estimate of drug-likeness (QED) is 0.783. The molecule has 114 valence electrons. The maximum Gasteiger partial charge on any atom is 0.151 e. The predicted octanol–water partition coefficient (Wildman–Crippen LogP) is 3.92. The highest BCUT2D eigenvalue weighted by Gasteiger charge is 2.17. The van der Waals surface area contributed by atoms with E-state index < -0.39 is 0 Å². The van der Waals surface area contributed by atoms with Crippen LogP contribution in [0.3, 0.4) is 0 Å². The number of hydrogen-bond acceptors (Lipinski definition) is 2. The molecule has 0 bridgehead atoms. The maximum atomic E-state index is 13.9. The number of aromatic nitrogens is 2. The fraction of sp³-hybridized carbons (Fsp3) is 0.562. The van der Waals surface area contributed by atoms with Crippen LogP contribution >= 0.6 is 11.6 Å². The van der Waals surface area contributed by atoms with Crippen molar-refractivity contribution >= 4 is 22.6 Å². The van der Waals surface area contributed by atoms with Crippen LogP contribution in [0, 0.1) is 5.82 Å². The van der Waals surface area contributed by atoms with Crippen LogP contribution in [-0.2, 0) is 17.7 Å². The molecule has 1 unspecified atom stereocenters. The predicted molar refractivity (Wildman–Crippen MR) is 82.3 cm³/mol. The van der Waals surface area contributed by atoms with Crippen molar-refractivity contribution in [2.75, 3.05) is 12.5 Å². The molecule has 1 atom stereocenters. The van der Waals surface area contributed by atoms with Crippen molar-refractivity contribution in [1.29, 1.82) is 0 Å². The summed E-state index contributed by atoms with van der Waals surface area (Å²) in [5.41, 5.74) is 1.30. The van der Waals surface area contributed by atoms with Crippen molar-refractivity contribution in [3.05, 3.63) is 29.8 Å². The molecule has 1 fully saturated rings. The van der Waals surface area contributed by atoms with Crippen LogP contribution < -0.4 is 0 Å². The lowest BCUT2D eigenvalue weighted by atomic mass is 10.1. The Bertz CT molecular complexity index is 608. The third-order valence-electron chi connectivity index (χ3n) is 4.08. The number of nitrogens with zero attached hydrogens (tertiary/aromatic N) is 2. The Morgan fingerprint density at radius 2 is 2.29 bits per heavy atom. The van der Waals surface area contributed by atoms with Gasteiger partial charge >= 0.3 is 0 Å². The topological polar surface area (TPSA) is 27.1 Å². The smallest absolute Gasteiger partial charge is 0.151 e. The molecule has 2 heterocycles. The fourth-order valence-electron chi connectivity index (χ4n) is 2.99. The normalized spacial score (nSPS) is 19.2. The number of benzene rings is 1. The van der Waals surface area contributed by atoms with Gasteiger partial charge < -0.3 is 9.30 Å². The highest BCUT2D eigenvalue weighted by Crippen LogP contribution is 2.22. The Labute approximate surface area is 129 Å². The lowest BCUT2D eigenvalue weighted by molar-refractivity contribution is 0.00887. The fourth-order valence-corrected chi connectivity index (χ4v) is 3.16. The van der Waals surface area contributed by atoms with Gasteiger partial charge in [0, 0.05) is 25.5 Å². The van der Waals surface area contributed by atoms with Crippen LogP contribution in [-0.4, -0.2) is 28.1 Å². The molecule has 1 aliphatic rings. The van der Waals surface area contributed by atoms with Gasteiger partial charge in [-0.05, 0) is 37.8 Å². The largest absolute Gasteiger partial charge is 0.378 e. The van der Waals surface area contributed by atoms with Crippen molar-refractivity contribution in [3.63, 3.8) is 0 Å². The summed E-state index contributed by atoms with van der Waals surface area (Å²) in [4.78, 5) is 4.43. The molecule has 21 heavy (non-hydrogen) atoms. The highest BCUT2D eigenvalue weighted by molar-refractivity contribution is 6.17. The van der Waals surface area contributed by atoms with E-state index in [0.29, 0.717) is 23.9 Å². The van der Waals surface area contributed by atoms with Gasteiger partial charge in [-0.25, -0.2) is 9.37 Å². The summed E-state index contributed by atoms with van der Waals surface area (Å²) >= 11 is 5.85. The first-order chi connectivity index (χ1) is 10.3. The van der Waals surface area contributed by atoms with E-state index >= 15 is 0 Å². The SMILES string of the molecule is Fc1cccc2c1nc(CCCl)n2CCC1CCCCO1. The number of hydrogen-bond donors (Lipinski definition) is 0. The highest BCUT2D eigenvalue weighted by atomic mass is 35.5. The summed E-state index contributed by atoms with van der Waals surface area (Å²) in [6, 6.07) is 5.11. The Hall–Kier alpha value is -1.13. The second-order valence-corrected chi connectivity index (χ2v) is 5.88. The molecular formula is C16H20ClFN2O. The average molecular weight is 311 g/mol. The van der Waals surface area contributed by atoms with E-state index in [9.17, 15) is 4.39 Å².